The van der Waals surface area contributed by atoms with Crippen molar-refractivity contribution >= 4 is 38.5 Å². The summed E-state index contributed by atoms with van der Waals surface area (Å²) in [5.41, 5.74) is 0.295. The summed E-state index contributed by atoms with van der Waals surface area (Å²) in [6.45, 7) is -0.306. The predicted octanol–water partition coefficient (Wildman–Crippen LogP) is 2.78. The maximum Gasteiger partial charge on any atom is 0.269 e. The molecular weight excluding hydrogens is 408 g/mol. The molecule has 1 heterocycles. The fourth-order valence-corrected chi connectivity index (χ4v) is 4.46. The van der Waals surface area contributed by atoms with Gasteiger partial charge in [0, 0.05) is 9.13 Å². The quantitative estimate of drug-likeness (QED) is 0.707. The van der Waals surface area contributed by atoms with Crippen molar-refractivity contribution in [2.45, 2.75) is 11.4 Å². The zero-order chi connectivity index (χ0) is 15.2. The number of halogens is 2. The van der Waals surface area contributed by atoms with Crippen molar-refractivity contribution in [2.24, 2.45) is 0 Å². The molecule has 7 heteroatoms. The average molecular weight is 417 g/mol. The van der Waals surface area contributed by atoms with Crippen molar-refractivity contribution in [3.05, 3.63) is 63.0 Å². The second-order valence-electron chi connectivity index (χ2n) is 4.55. The van der Waals surface area contributed by atoms with E-state index in [4.69, 9.17) is 0 Å². The Hall–Kier alpha value is -1.48. The highest BCUT2D eigenvalue weighted by Crippen LogP contribution is 2.32. The van der Waals surface area contributed by atoms with Crippen LogP contribution in [0.3, 0.4) is 0 Å². The monoisotopic (exact) mass is 417 g/mol. The Kier molecular flexibility index (Phi) is 3.48. The van der Waals surface area contributed by atoms with E-state index in [0.29, 0.717) is 4.31 Å². The average Bonchev–Trinajstić information content (AvgIpc) is 2.62. The normalized spacial score (nSPS) is 16.1. The van der Waals surface area contributed by atoms with Crippen LogP contribution in [-0.4, -0.2) is 18.6 Å². The SMILES string of the molecule is O=C1c2ccc(I)cc2S(=O)(=O)N1Cc1ccccc1F. The van der Waals surface area contributed by atoms with Crippen LogP contribution in [0.1, 0.15) is 15.9 Å². The van der Waals surface area contributed by atoms with Gasteiger partial charge in [-0.05, 0) is 46.9 Å². The number of hydrogen-bond acceptors (Lipinski definition) is 3. The highest BCUT2D eigenvalue weighted by molar-refractivity contribution is 14.1. The minimum Gasteiger partial charge on any atom is -0.268 e. The third-order valence-electron chi connectivity index (χ3n) is 3.24. The molecule has 2 aromatic rings. The number of hydrogen-bond donors (Lipinski definition) is 0. The summed E-state index contributed by atoms with van der Waals surface area (Å²) < 4.78 is 40.0. The smallest absolute Gasteiger partial charge is 0.268 e. The lowest BCUT2D eigenvalue weighted by molar-refractivity contribution is 0.0864. The largest absolute Gasteiger partial charge is 0.269 e. The zero-order valence-corrected chi connectivity index (χ0v) is 13.6. The van der Waals surface area contributed by atoms with Gasteiger partial charge in [-0.2, -0.15) is 0 Å². The number of benzene rings is 2. The highest BCUT2D eigenvalue weighted by Gasteiger charge is 2.41. The molecule has 0 bridgehead atoms. The van der Waals surface area contributed by atoms with E-state index in [-0.39, 0.29) is 22.6 Å². The molecule has 0 radical (unpaired) electrons. The molecule has 0 fully saturated rings. The van der Waals surface area contributed by atoms with E-state index < -0.39 is 21.7 Å². The Morgan fingerprint density at radius 1 is 1.14 bits per heavy atom. The molecule has 21 heavy (non-hydrogen) atoms. The van der Waals surface area contributed by atoms with E-state index in [9.17, 15) is 17.6 Å². The van der Waals surface area contributed by atoms with Crippen LogP contribution < -0.4 is 0 Å². The summed E-state index contributed by atoms with van der Waals surface area (Å²) in [5.74, 6) is -1.16. The van der Waals surface area contributed by atoms with Gasteiger partial charge in [-0.1, -0.05) is 18.2 Å². The van der Waals surface area contributed by atoms with Gasteiger partial charge in [0.05, 0.1) is 12.1 Å². The summed E-state index contributed by atoms with van der Waals surface area (Å²) in [5, 5.41) is 0. The third kappa shape index (κ3) is 2.34. The van der Waals surface area contributed by atoms with Crippen molar-refractivity contribution in [1.29, 1.82) is 0 Å². The molecule has 0 unspecified atom stereocenters. The van der Waals surface area contributed by atoms with E-state index in [1.165, 1.54) is 30.3 Å². The van der Waals surface area contributed by atoms with E-state index in [0.717, 1.165) is 3.57 Å². The van der Waals surface area contributed by atoms with Gasteiger partial charge in [-0.3, -0.25) is 4.79 Å². The lowest BCUT2D eigenvalue weighted by atomic mass is 10.2. The fourth-order valence-electron chi connectivity index (χ4n) is 2.19. The Morgan fingerprint density at radius 2 is 1.86 bits per heavy atom. The first-order valence-corrected chi connectivity index (χ1v) is 8.53. The number of carbonyl (C=O) groups is 1. The Labute approximate surface area is 134 Å². The topological polar surface area (TPSA) is 54.5 Å². The van der Waals surface area contributed by atoms with Crippen molar-refractivity contribution in [2.75, 3.05) is 0 Å². The van der Waals surface area contributed by atoms with E-state index in [1.807, 2.05) is 22.6 Å². The molecule has 0 spiro atoms. The van der Waals surface area contributed by atoms with Crippen LogP contribution in [0, 0.1) is 9.39 Å². The molecule has 1 amide bonds. The van der Waals surface area contributed by atoms with Crippen LogP contribution in [-0.2, 0) is 16.6 Å². The minimum atomic E-state index is -3.92. The first kappa shape index (κ1) is 14.5. The second kappa shape index (κ2) is 5.06. The summed E-state index contributed by atoms with van der Waals surface area (Å²) >= 11 is 1.98. The summed E-state index contributed by atoms with van der Waals surface area (Å²) in [6.07, 6.45) is 0. The number of carbonyl (C=O) groups excluding carboxylic acids is 1. The summed E-state index contributed by atoms with van der Waals surface area (Å²) in [7, 11) is -3.92. The van der Waals surface area contributed by atoms with Crippen molar-refractivity contribution < 1.29 is 17.6 Å². The Morgan fingerprint density at radius 3 is 2.57 bits per heavy atom. The van der Waals surface area contributed by atoms with Crippen molar-refractivity contribution in [1.82, 2.24) is 4.31 Å². The molecular formula is C14H9FINO3S. The number of sulfonamides is 1. The molecule has 4 nitrogen and oxygen atoms in total. The van der Waals surface area contributed by atoms with Crippen LogP contribution in [0.2, 0.25) is 0 Å². The van der Waals surface area contributed by atoms with E-state index >= 15 is 0 Å². The molecule has 0 aromatic heterocycles. The predicted molar refractivity (Wildman–Crippen MR) is 82.6 cm³/mol. The fraction of sp³-hybridized carbons (Fsp3) is 0.0714. The van der Waals surface area contributed by atoms with Gasteiger partial charge in [-0.25, -0.2) is 17.1 Å². The summed E-state index contributed by atoms with van der Waals surface area (Å²) in [6, 6.07) is 10.4. The van der Waals surface area contributed by atoms with Crippen LogP contribution in [0.15, 0.2) is 47.4 Å². The molecule has 108 valence electrons. The molecule has 1 aliphatic heterocycles. The van der Waals surface area contributed by atoms with Gasteiger partial charge in [0.15, 0.2) is 0 Å². The third-order valence-corrected chi connectivity index (χ3v) is 5.68. The lowest BCUT2D eigenvalue weighted by Crippen LogP contribution is -2.29. The number of nitrogens with zero attached hydrogens (tertiary/aromatic N) is 1. The highest BCUT2D eigenvalue weighted by atomic mass is 127. The lowest BCUT2D eigenvalue weighted by Gasteiger charge is -2.15. The molecule has 0 saturated heterocycles. The van der Waals surface area contributed by atoms with E-state index in [1.54, 1.807) is 12.1 Å². The molecule has 0 aliphatic carbocycles. The maximum atomic E-state index is 13.7. The standard InChI is InChI=1S/C14H9FINO3S/c15-12-4-2-1-3-9(12)8-17-14(18)11-6-5-10(16)7-13(11)21(17,19)20/h1-7H,8H2. The Balaban J connectivity index is 2.07. The molecule has 3 rings (SSSR count). The first-order valence-electron chi connectivity index (χ1n) is 6.01. The maximum absolute atomic E-state index is 13.7. The first-order chi connectivity index (χ1) is 9.91. The zero-order valence-electron chi connectivity index (χ0n) is 10.6. The van der Waals surface area contributed by atoms with Gasteiger partial charge in [0.25, 0.3) is 15.9 Å². The van der Waals surface area contributed by atoms with E-state index in [2.05, 4.69) is 0 Å². The molecule has 0 saturated carbocycles. The molecule has 0 atom stereocenters. The van der Waals surface area contributed by atoms with Crippen LogP contribution in [0.25, 0.3) is 0 Å². The number of amides is 1. The van der Waals surface area contributed by atoms with Gasteiger partial charge in [-0.15, -0.1) is 0 Å². The number of fused-ring (bicyclic) bond motifs is 1. The number of rotatable bonds is 2. The molecule has 0 N–H and O–H groups in total. The van der Waals surface area contributed by atoms with Gasteiger partial charge in [0.1, 0.15) is 10.7 Å². The van der Waals surface area contributed by atoms with Gasteiger partial charge >= 0.3 is 0 Å². The molecule has 1 aliphatic rings. The Bertz CT molecular complexity index is 851. The van der Waals surface area contributed by atoms with Crippen molar-refractivity contribution in [3.8, 4) is 0 Å². The van der Waals surface area contributed by atoms with Crippen LogP contribution >= 0.6 is 22.6 Å². The van der Waals surface area contributed by atoms with Crippen LogP contribution in [0.4, 0.5) is 4.39 Å². The van der Waals surface area contributed by atoms with Gasteiger partial charge < -0.3 is 0 Å². The summed E-state index contributed by atoms with van der Waals surface area (Å²) in [4.78, 5) is 12.2. The minimum absolute atomic E-state index is 0.0178. The van der Waals surface area contributed by atoms with Crippen LogP contribution in [0.5, 0.6) is 0 Å². The molecule has 2 aromatic carbocycles. The second-order valence-corrected chi connectivity index (χ2v) is 7.63. The van der Waals surface area contributed by atoms with Crippen molar-refractivity contribution in [3.63, 3.8) is 0 Å². The van der Waals surface area contributed by atoms with Gasteiger partial charge in [0.2, 0.25) is 0 Å².